The number of ketones is 1. The monoisotopic (exact) mass is 409 g/mol. The number of esters is 1. The number of Topliss-reactive ketones (excluding diaryl/α,β-unsaturated/α-hetero) is 1. The highest BCUT2D eigenvalue weighted by atomic mass is 16.5. The number of pyridine rings is 1. The van der Waals surface area contributed by atoms with Gasteiger partial charge < -0.3 is 19.1 Å². The molecule has 1 aromatic carbocycles. The number of nitrogens with zero attached hydrogens (tertiary/aromatic N) is 3. The predicted molar refractivity (Wildman–Crippen MR) is 109 cm³/mol. The third-order valence-electron chi connectivity index (χ3n) is 5.08. The number of carbonyl (C=O) groups excluding carboxylic acids is 2. The number of aromatic nitrogens is 1. The highest BCUT2D eigenvalue weighted by Crippen LogP contribution is 2.26. The van der Waals surface area contributed by atoms with Gasteiger partial charge >= 0.3 is 5.97 Å². The molecule has 0 amide bonds. The van der Waals surface area contributed by atoms with Crippen LogP contribution in [0.1, 0.15) is 28.8 Å². The van der Waals surface area contributed by atoms with E-state index in [2.05, 4.69) is 9.88 Å². The van der Waals surface area contributed by atoms with Crippen LogP contribution in [0.15, 0.2) is 36.5 Å². The Hall–Kier alpha value is -3.60. The number of hydrogen-bond acceptors (Lipinski definition) is 8. The Morgan fingerprint density at radius 3 is 2.53 bits per heavy atom. The fourth-order valence-corrected chi connectivity index (χ4v) is 3.35. The highest BCUT2D eigenvalue weighted by molar-refractivity contribution is 6.00. The zero-order valence-electron chi connectivity index (χ0n) is 17.0. The quantitative estimate of drug-likeness (QED) is 0.508. The summed E-state index contributed by atoms with van der Waals surface area (Å²) in [5.41, 5.74) is 0.820. The smallest absolute Gasteiger partial charge is 0.309 e. The fraction of sp³-hybridized carbons (Fsp3) is 0.364. The molecule has 2 aromatic rings. The van der Waals surface area contributed by atoms with E-state index in [1.54, 1.807) is 30.3 Å². The topological polar surface area (TPSA) is 102 Å². The lowest BCUT2D eigenvalue weighted by Crippen LogP contribution is -2.37. The molecule has 0 N–H and O–H groups in total. The molecule has 156 valence electrons. The summed E-state index contributed by atoms with van der Waals surface area (Å²) in [5, 5.41) is 8.86. The largest absolute Gasteiger partial charge is 0.497 e. The molecular weight excluding hydrogens is 386 g/mol. The standard InChI is InChI=1S/C22H23N3O5/c1-28-17-4-5-20(29-2)18(11-17)19(26)14-30-22(27)16-7-9-25(10-8-16)21-6-3-15(12-23)13-24-21/h3-6,11,13,16H,7-10,14H2,1-2H3. The molecule has 0 saturated carbocycles. The van der Waals surface area contributed by atoms with Crippen LogP contribution in [-0.2, 0) is 9.53 Å². The highest BCUT2D eigenvalue weighted by Gasteiger charge is 2.27. The molecule has 1 saturated heterocycles. The molecule has 3 rings (SSSR count). The first kappa shape index (κ1) is 21.1. The molecule has 0 radical (unpaired) electrons. The van der Waals surface area contributed by atoms with E-state index in [-0.39, 0.29) is 24.3 Å². The molecule has 2 heterocycles. The Morgan fingerprint density at radius 2 is 1.93 bits per heavy atom. The molecule has 30 heavy (non-hydrogen) atoms. The molecule has 1 aromatic heterocycles. The number of nitriles is 1. The summed E-state index contributed by atoms with van der Waals surface area (Å²) in [4.78, 5) is 31.3. The van der Waals surface area contributed by atoms with Gasteiger partial charge in [-0.15, -0.1) is 0 Å². The molecule has 1 aliphatic rings. The van der Waals surface area contributed by atoms with Gasteiger partial charge in [0.2, 0.25) is 5.78 Å². The maximum absolute atomic E-state index is 12.5. The first-order valence-corrected chi connectivity index (χ1v) is 9.58. The number of rotatable bonds is 7. The van der Waals surface area contributed by atoms with E-state index in [1.165, 1.54) is 20.4 Å². The number of carbonyl (C=O) groups is 2. The summed E-state index contributed by atoms with van der Waals surface area (Å²) in [5.74, 6) is 0.714. The van der Waals surface area contributed by atoms with Crippen LogP contribution in [0.3, 0.4) is 0 Å². The van der Waals surface area contributed by atoms with Gasteiger partial charge in [-0.25, -0.2) is 4.98 Å². The number of benzene rings is 1. The minimum absolute atomic E-state index is 0.264. The second-order valence-corrected chi connectivity index (χ2v) is 6.88. The number of methoxy groups -OCH3 is 2. The van der Waals surface area contributed by atoms with E-state index >= 15 is 0 Å². The van der Waals surface area contributed by atoms with Crippen LogP contribution in [0.2, 0.25) is 0 Å². The summed E-state index contributed by atoms with van der Waals surface area (Å²) in [7, 11) is 2.98. The molecule has 0 unspecified atom stereocenters. The van der Waals surface area contributed by atoms with Crippen molar-refractivity contribution in [1.29, 1.82) is 5.26 Å². The summed E-state index contributed by atoms with van der Waals surface area (Å²) < 4.78 is 15.6. The first-order chi connectivity index (χ1) is 14.5. The minimum Gasteiger partial charge on any atom is -0.497 e. The average molecular weight is 409 g/mol. The van der Waals surface area contributed by atoms with E-state index in [4.69, 9.17) is 19.5 Å². The minimum atomic E-state index is -0.377. The fourth-order valence-electron chi connectivity index (χ4n) is 3.35. The molecule has 0 atom stereocenters. The SMILES string of the molecule is COc1ccc(OC)c(C(=O)COC(=O)C2CCN(c3ccc(C#N)cn3)CC2)c1. The zero-order chi connectivity index (χ0) is 21.5. The van der Waals surface area contributed by atoms with Gasteiger partial charge in [0.25, 0.3) is 0 Å². The molecule has 8 heteroatoms. The van der Waals surface area contributed by atoms with E-state index in [1.807, 2.05) is 6.07 Å². The number of anilines is 1. The first-order valence-electron chi connectivity index (χ1n) is 9.58. The molecule has 8 nitrogen and oxygen atoms in total. The van der Waals surface area contributed by atoms with Gasteiger partial charge in [-0.2, -0.15) is 5.26 Å². The van der Waals surface area contributed by atoms with Crippen molar-refractivity contribution in [2.45, 2.75) is 12.8 Å². The Bertz CT molecular complexity index is 944. The van der Waals surface area contributed by atoms with Gasteiger partial charge in [-0.1, -0.05) is 0 Å². The van der Waals surface area contributed by atoms with Crippen molar-refractivity contribution in [3.8, 4) is 17.6 Å². The molecular formula is C22H23N3O5. The van der Waals surface area contributed by atoms with Crippen LogP contribution in [-0.4, -0.2) is 50.7 Å². The Kier molecular flexibility index (Phi) is 6.86. The molecule has 1 aliphatic heterocycles. The maximum Gasteiger partial charge on any atom is 0.309 e. The summed E-state index contributed by atoms with van der Waals surface area (Å²) in [6, 6.07) is 10.5. The summed E-state index contributed by atoms with van der Waals surface area (Å²) in [6.07, 6.45) is 2.75. The maximum atomic E-state index is 12.5. The van der Waals surface area contributed by atoms with Crippen LogP contribution in [0, 0.1) is 17.2 Å². The summed E-state index contributed by atoms with van der Waals surface area (Å²) in [6.45, 7) is 0.951. The van der Waals surface area contributed by atoms with Crippen molar-refractivity contribution in [2.24, 2.45) is 5.92 Å². The van der Waals surface area contributed by atoms with E-state index < -0.39 is 0 Å². The molecule has 0 bridgehead atoms. The van der Waals surface area contributed by atoms with Gasteiger partial charge in [0, 0.05) is 19.3 Å². The van der Waals surface area contributed by atoms with Gasteiger partial charge in [0.05, 0.1) is 31.3 Å². The van der Waals surface area contributed by atoms with Gasteiger partial charge in [-0.05, 0) is 43.2 Å². The lowest BCUT2D eigenvalue weighted by Gasteiger charge is -2.31. The normalized spacial score (nSPS) is 14.0. The van der Waals surface area contributed by atoms with Crippen LogP contribution >= 0.6 is 0 Å². The van der Waals surface area contributed by atoms with Gasteiger partial charge in [0.15, 0.2) is 6.61 Å². The Balaban J connectivity index is 1.52. The van der Waals surface area contributed by atoms with Crippen molar-refractivity contribution < 1.29 is 23.8 Å². The van der Waals surface area contributed by atoms with Crippen LogP contribution in [0.5, 0.6) is 11.5 Å². The number of ether oxygens (including phenoxy) is 3. The summed E-state index contributed by atoms with van der Waals surface area (Å²) >= 11 is 0. The van der Waals surface area contributed by atoms with Crippen molar-refractivity contribution in [2.75, 3.05) is 38.8 Å². The van der Waals surface area contributed by atoms with Gasteiger partial charge in [0.1, 0.15) is 23.4 Å². The average Bonchev–Trinajstić information content (AvgIpc) is 2.82. The van der Waals surface area contributed by atoms with Crippen molar-refractivity contribution in [3.05, 3.63) is 47.7 Å². The van der Waals surface area contributed by atoms with Crippen LogP contribution in [0.4, 0.5) is 5.82 Å². The number of hydrogen-bond donors (Lipinski definition) is 0. The second-order valence-electron chi connectivity index (χ2n) is 6.88. The zero-order valence-corrected chi connectivity index (χ0v) is 17.0. The number of piperidine rings is 1. The van der Waals surface area contributed by atoms with E-state index in [9.17, 15) is 9.59 Å². The van der Waals surface area contributed by atoms with E-state index in [0.717, 1.165) is 5.82 Å². The third-order valence-corrected chi connectivity index (χ3v) is 5.08. The lowest BCUT2D eigenvalue weighted by atomic mass is 9.97. The third kappa shape index (κ3) is 4.87. The molecule has 0 aliphatic carbocycles. The van der Waals surface area contributed by atoms with Crippen molar-refractivity contribution in [3.63, 3.8) is 0 Å². The van der Waals surface area contributed by atoms with Crippen molar-refractivity contribution in [1.82, 2.24) is 4.98 Å². The van der Waals surface area contributed by atoms with Gasteiger partial charge in [-0.3, -0.25) is 9.59 Å². The molecule has 0 spiro atoms. The van der Waals surface area contributed by atoms with Crippen LogP contribution < -0.4 is 14.4 Å². The second kappa shape index (κ2) is 9.74. The Morgan fingerprint density at radius 1 is 1.17 bits per heavy atom. The lowest BCUT2D eigenvalue weighted by molar-refractivity contribution is -0.148. The van der Waals surface area contributed by atoms with E-state index in [0.29, 0.717) is 48.6 Å². The van der Waals surface area contributed by atoms with Crippen LogP contribution in [0.25, 0.3) is 0 Å². The molecule has 1 fully saturated rings. The van der Waals surface area contributed by atoms with Crippen molar-refractivity contribution >= 4 is 17.6 Å². The Labute approximate surface area is 175 Å². The predicted octanol–water partition coefficient (Wildman–Crippen LogP) is 2.61.